The van der Waals surface area contributed by atoms with Gasteiger partial charge >= 0.3 is 0 Å². The van der Waals surface area contributed by atoms with E-state index in [-0.39, 0.29) is 11.9 Å². The maximum absolute atomic E-state index is 12.2. The minimum Gasteiger partial charge on any atom is -0.296 e. The number of hydrogen-bond acceptors (Lipinski definition) is 4. The molecule has 3 rings (SSSR count). The van der Waals surface area contributed by atoms with Gasteiger partial charge in [-0.3, -0.25) is 14.8 Å². The second-order valence-corrected chi connectivity index (χ2v) is 6.20. The van der Waals surface area contributed by atoms with E-state index in [1.54, 1.807) is 10.7 Å². The fourth-order valence-corrected chi connectivity index (χ4v) is 2.99. The van der Waals surface area contributed by atoms with Gasteiger partial charge in [0, 0.05) is 12.2 Å². The van der Waals surface area contributed by atoms with Crippen LogP contribution in [0.2, 0.25) is 0 Å². The first kappa shape index (κ1) is 13.8. The van der Waals surface area contributed by atoms with E-state index >= 15 is 0 Å². The van der Waals surface area contributed by atoms with Gasteiger partial charge in [0.15, 0.2) is 10.8 Å². The van der Waals surface area contributed by atoms with Gasteiger partial charge < -0.3 is 0 Å². The van der Waals surface area contributed by atoms with Gasteiger partial charge in [-0.25, -0.2) is 4.98 Å². The van der Waals surface area contributed by atoms with E-state index in [4.69, 9.17) is 0 Å². The predicted octanol–water partition coefficient (Wildman–Crippen LogP) is 3.63. The zero-order valence-electron chi connectivity index (χ0n) is 12.1. The van der Waals surface area contributed by atoms with E-state index in [0.717, 1.165) is 15.8 Å². The third kappa shape index (κ3) is 2.67. The average molecular weight is 300 g/mol. The first-order valence-corrected chi connectivity index (χ1v) is 7.59. The number of rotatable bonds is 3. The summed E-state index contributed by atoms with van der Waals surface area (Å²) in [7, 11) is 0. The second kappa shape index (κ2) is 5.29. The van der Waals surface area contributed by atoms with Gasteiger partial charge in [0.25, 0.3) is 5.91 Å². The minimum absolute atomic E-state index is 0.230. The maximum Gasteiger partial charge on any atom is 0.277 e. The van der Waals surface area contributed by atoms with Crippen molar-refractivity contribution in [2.45, 2.75) is 26.8 Å². The number of para-hydroxylation sites is 1. The van der Waals surface area contributed by atoms with Gasteiger partial charge in [0.05, 0.1) is 10.2 Å². The SMILES string of the molecule is Cc1cccc2sc(NC(=O)c3ccn(C(C)C)n3)nc12. The molecule has 0 aliphatic heterocycles. The lowest BCUT2D eigenvalue weighted by Crippen LogP contribution is -2.13. The van der Waals surface area contributed by atoms with Crippen LogP contribution in [-0.2, 0) is 0 Å². The van der Waals surface area contributed by atoms with Crippen LogP contribution < -0.4 is 5.32 Å². The quantitative estimate of drug-likeness (QED) is 0.803. The molecular weight excluding hydrogens is 284 g/mol. The zero-order chi connectivity index (χ0) is 15.0. The highest BCUT2D eigenvalue weighted by Crippen LogP contribution is 2.28. The molecule has 2 aromatic heterocycles. The van der Waals surface area contributed by atoms with Crippen molar-refractivity contribution in [2.75, 3.05) is 5.32 Å². The molecule has 0 fully saturated rings. The predicted molar refractivity (Wildman–Crippen MR) is 84.9 cm³/mol. The number of anilines is 1. The third-order valence-corrected chi connectivity index (χ3v) is 4.15. The number of thiazole rings is 1. The van der Waals surface area contributed by atoms with Gasteiger partial charge in [-0.2, -0.15) is 5.10 Å². The van der Waals surface area contributed by atoms with Crippen LogP contribution in [0.3, 0.4) is 0 Å². The van der Waals surface area contributed by atoms with Crippen LogP contribution in [0.1, 0.15) is 35.9 Å². The summed E-state index contributed by atoms with van der Waals surface area (Å²) in [6.07, 6.45) is 1.81. The first-order chi connectivity index (χ1) is 10.0. The Balaban J connectivity index is 1.83. The van der Waals surface area contributed by atoms with Crippen molar-refractivity contribution < 1.29 is 4.79 Å². The van der Waals surface area contributed by atoms with E-state index < -0.39 is 0 Å². The van der Waals surface area contributed by atoms with Crippen molar-refractivity contribution in [3.8, 4) is 0 Å². The summed E-state index contributed by atoms with van der Waals surface area (Å²) in [5.74, 6) is -0.230. The fraction of sp³-hybridized carbons (Fsp3) is 0.267. The largest absolute Gasteiger partial charge is 0.296 e. The molecule has 0 radical (unpaired) electrons. The Kier molecular flexibility index (Phi) is 3.47. The highest BCUT2D eigenvalue weighted by Gasteiger charge is 2.13. The van der Waals surface area contributed by atoms with E-state index in [1.165, 1.54) is 11.3 Å². The van der Waals surface area contributed by atoms with E-state index in [2.05, 4.69) is 15.4 Å². The first-order valence-electron chi connectivity index (χ1n) is 6.77. The van der Waals surface area contributed by atoms with E-state index in [9.17, 15) is 4.79 Å². The van der Waals surface area contributed by atoms with Crippen LogP contribution in [0.4, 0.5) is 5.13 Å². The molecule has 0 unspecified atom stereocenters. The number of hydrogen-bond donors (Lipinski definition) is 1. The van der Waals surface area contributed by atoms with Crippen LogP contribution in [0, 0.1) is 6.92 Å². The van der Waals surface area contributed by atoms with Crippen LogP contribution >= 0.6 is 11.3 Å². The Labute approximate surface area is 126 Å². The number of nitrogens with zero attached hydrogens (tertiary/aromatic N) is 3. The molecule has 0 saturated carbocycles. The fourth-order valence-electron chi connectivity index (χ4n) is 2.05. The molecule has 0 atom stereocenters. The summed E-state index contributed by atoms with van der Waals surface area (Å²) in [6, 6.07) is 7.96. The number of fused-ring (bicyclic) bond motifs is 1. The molecule has 3 aromatic rings. The lowest BCUT2D eigenvalue weighted by molar-refractivity contribution is 0.102. The van der Waals surface area contributed by atoms with Crippen LogP contribution in [0.5, 0.6) is 0 Å². The van der Waals surface area contributed by atoms with Crippen LogP contribution in [0.15, 0.2) is 30.5 Å². The number of amides is 1. The third-order valence-electron chi connectivity index (χ3n) is 3.21. The minimum atomic E-state index is -0.230. The Morgan fingerprint density at radius 2 is 2.14 bits per heavy atom. The van der Waals surface area contributed by atoms with Crippen molar-refractivity contribution >= 4 is 32.6 Å². The Morgan fingerprint density at radius 1 is 1.33 bits per heavy atom. The lowest BCUT2D eigenvalue weighted by Gasteiger charge is -2.03. The number of benzene rings is 1. The Hall–Kier alpha value is -2.21. The number of nitrogens with one attached hydrogen (secondary N) is 1. The van der Waals surface area contributed by atoms with Crippen molar-refractivity contribution in [1.29, 1.82) is 0 Å². The van der Waals surface area contributed by atoms with Crippen molar-refractivity contribution in [3.05, 3.63) is 41.7 Å². The van der Waals surface area contributed by atoms with Gasteiger partial charge in [0.1, 0.15) is 0 Å². The number of carbonyl (C=O) groups is 1. The zero-order valence-corrected chi connectivity index (χ0v) is 12.9. The van der Waals surface area contributed by atoms with E-state index in [1.807, 2.05) is 45.2 Å². The molecule has 1 N–H and O–H groups in total. The van der Waals surface area contributed by atoms with E-state index in [0.29, 0.717) is 10.8 Å². The molecule has 0 aliphatic rings. The molecule has 0 aliphatic carbocycles. The molecule has 0 spiro atoms. The average Bonchev–Trinajstić information content (AvgIpc) is 3.05. The molecule has 1 aromatic carbocycles. The maximum atomic E-state index is 12.2. The molecule has 0 bridgehead atoms. The Morgan fingerprint density at radius 3 is 2.81 bits per heavy atom. The number of aromatic nitrogens is 3. The standard InChI is InChI=1S/C15H16N4OS/c1-9(2)19-8-7-11(18-19)14(20)17-15-16-13-10(3)5-4-6-12(13)21-15/h4-9H,1-3H3,(H,16,17,20). The summed E-state index contributed by atoms with van der Waals surface area (Å²) in [5.41, 5.74) is 2.44. The normalized spacial score (nSPS) is 11.2. The molecule has 5 nitrogen and oxygen atoms in total. The highest BCUT2D eigenvalue weighted by atomic mass is 32.1. The van der Waals surface area contributed by atoms with Gasteiger partial charge in [-0.15, -0.1) is 0 Å². The molecule has 0 saturated heterocycles. The lowest BCUT2D eigenvalue weighted by atomic mass is 10.2. The number of aryl methyl sites for hydroxylation is 1. The van der Waals surface area contributed by atoms with Crippen molar-refractivity contribution in [3.63, 3.8) is 0 Å². The molecule has 6 heteroatoms. The summed E-state index contributed by atoms with van der Waals surface area (Å²) in [6.45, 7) is 6.05. The van der Waals surface area contributed by atoms with Gasteiger partial charge in [0.2, 0.25) is 0 Å². The molecule has 1 amide bonds. The Bertz CT molecular complexity index is 803. The van der Waals surface area contributed by atoms with Crippen molar-refractivity contribution in [1.82, 2.24) is 14.8 Å². The summed E-state index contributed by atoms with van der Waals surface area (Å²) < 4.78 is 2.83. The second-order valence-electron chi connectivity index (χ2n) is 5.17. The molecule has 2 heterocycles. The molecular formula is C15H16N4OS. The van der Waals surface area contributed by atoms with Crippen LogP contribution in [0.25, 0.3) is 10.2 Å². The van der Waals surface area contributed by atoms with Gasteiger partial charge in [-0.05, 0) is 38.5 Å². The monoisotopic (exact) mass is 300 g/mol. The number of carbonyl (C=O) groups excluding carboxylic acids is 1. The van der Waals surface area contributed by atoms with Gasteiger partial charge in [-0.1, -0.05) is 23.5 Å². The van der Waals surface area contributed by atoms with Crippen LogP contribution in [-0.4, -0.2) is 20.7 Å². The summed E-state index contributed by atoms with van der Waals surface area (Å²) in [4.78, 5) is 16.7. The molecule has 108 valence electrons. The smallest absolute Gasteiger partial charge is 0.277 e. The summed E-state index contributed by atoms with van der Waals surface area (Å²) >= 11 is 1.47. The topological polar surface area (TPSA) is 59.8 Å². The highest BCUT2D eigenvalue weighted by molar-refractivity contribution is 7.22. The summed E-state index contributed by atoms with van der Waals surface area (Å²) in [5, 5.41) is 7.68. The molecule has 21 heavy (non-hydrogen) atoms. The van der Waals surface area contributed by atoms with Crippen molar-refractivity contribution in [2.24, 2.45) is 0 Å².